The molecule has 1 fully saturated rings. The number of amides is 1. The maximum atomic E-state index is 12.0. The smallest absolute Gasteiger partial charge is 0.306 e. The number of hydrogen-bond acceptors (Lipinski definition) is 4. The molecule has 6 heteroatoms. The quantitative estimate of drug-likeness (QED) is 0.864. The molecule has 1 aromatic heterocycles. The van der Waals surface area contributed by atoms with E-state index in [1.54, 1.807) is 0 Å². The molecule has 1 aliphatic carbocycles. The second-order valence-corrected chi connectivity index (χ2v) is 4.92. The zero-order valence-corrected chi connectivity index (χ0v) is 10.9. The van der Waals surface area contributed by atoms with Crippen LogP contribution < -0.4 is 5.32 Å². The van der Waals surface area contributed by atoms with Gasteiger partial charge in [0.2, 0.25) is 0 Å². The number of carbonyl (C=O) groups is 2. The molecule has 6 nitrogen and oxygen atoms in total. The van der Waals surface area contributed by atoms with Gasteiger partial charge in [-0.2, -0.15) is 5.26 Å². The van der Waals surface area contributed by atoms with Crippen LogP contribution in [0.2, 0.25) is 0 Å². The van der Waals surface area contributed by atoms with E-state index in [9.17, 15) is 9.59 Å². The normalized spacial score (nSPS) is 21.8. The highest BCUT2D eigenvalue weighted by molar-refractivity contribution is 5.92. The van der Waals surface area contributed by atoms with Crippen molar-refractivity contribution in [3.8, 4) is 6.07 Å². The molecule has 0 spiro atoms. The molecule has 0 radical (unpaired) electrons. The number of pyridine rings is 1. The fourth-order valence-corrected chi connectivity index (χ4v) is 2.40. The highest BCUT2D eigenvalue weighted by Gasteiger charge is 2.28. The lowest BCUT2D eigenvalue weighted by molar-refractivity contribution is -0.143. The third-order valence-corrected chi connectivity index (χ3v) is 3.48. The van der Waals surface area contributed by atoms with Gasteiger partial charge in [-0.1, -0.05) is 6.42 Å². The summed E-state index contributed by atoms with van der Waals surface area (Å²) in [4.78, 5) is 26.9. The van der Waals surface area contributed by atoms with Gasteiger partial charge in [-0.25, -0.2) is 4.98 Å². The minimum atomic E-state index is -0.805. The van der Waals surface area contributed by atoms with Crippen molar-refractivity contribution in [2.75, 3.05) is 0 Å². The lowest BCUT2D eigenvalue weighted by atomic mass is 9.86. The van der Waals surface area contributed by atoms with Crippen molar-refractivity contribution in [1.29, 1.82) is 5.26 Å². The number of nitrogens with one attached hydrogen (secondary N) is 1. The first-order valence-corrected chi connectivity index (χ1v) is 6.50. The second kappa shape index (κ2) is 6.15. The number of nitrogens with zero attached hydrogens (tertiary/aromatic N) is 2. The zero-order chi connectivity index (χ0) is 14.5. The van der Waals surface area contributed by atoms with Gasteiger partial charge in [0.05, 0.1) is 11.5 Å². The molecule has 2 N–H and O–H groups in total. The summed E-state index contributed by atoms with van der Waals surface area (Å²) >= 11 is 0. The van der Waals surface area contributed by atoms with Gasteiger partial charge in [0.25, 0.3) is 5.91 Å². The highest BCUT2D eigenvalue weighted by Crippen LogP contribution is 2.24. The van der Waals surface area contributed by atoms with Crippen molar-refractivity contribution in [2.45, 2.75) is 31.7 Å². The van der Waals surface area contributed by atoms with Crippen LogP contribution in [-0.4, -0.2) is 28.0 Å². The van der Waals surface area contributed by atoms with E-state index >= 15 is 0 Å². The molecular formula is C14H15N3O3. The molecule has 2 unspecified atom stereocenters. The zero-order valence-electron chi connectivity index (χ0n) is 10.9. The topological polar surface area (TPSA) is 103 Å². The molecule has 0 saturated heterocycles. The molecule has 104 valence electrons. The molecule has 0 aliphatic heterocycles. The number of hydrogen-bond donors (Lipinski definition) is 2. The minimum Gasteiger partial charge on any atom is -0.481 e. The Labute approximate surface area is 116 Å². The Balaban J connectivity index is 1.96. The van der Waals surface area contributed by atoms with E-state index in [1.165, 1.54) is 18.3 Å². The van der Waals surface area contributed by atoms with Crippen molar-refractivity contribution < 1.29 is 14.7 Å². The van der Waals surface area contributed by atoms with E-state index in [0.29, 0.717) is 18.4 Å². The Morgan fingerprint density at radius 2 is 2.20 bits per heavy atom. The molecule has 0 bridgehead atoms. The van der Waals surface area contributed by atoms with Crippen LogP contribution in [0, 0.1) is 17.2 Å². The maximum absolute atomic E-state index is 12.0. The first kappa shape index (κ1) is 14.0. The van der Waals surface area contributed by atoms with E-state index in [0.717, 1.165) is 12.8 Å². The summed E-state index contributed by atoms with van der Waals surface area (Å²) in [5.74, 6) is -1.52. The van der Waals surface area contributed by atoms with Crippen LogP contribution in [0.1, 0.15) is 41.7 Å². The monoisotopic (exact) mass is 273 g/mol. The average molecular weight is 273 g/mol. The predicted octanol–water partition coefficient (Wildman–Crippen LogP) is 1.33. The van der Waals surface area contributed by atoms with Gasteiger partial charge >= 0.3 is 5.97 Å². The van der Waals surface area contributed by atoms with E-state index < -0.39 is 5.97 Å². The molecule has 1 aliphatic rings. The number of aliphatic carboxylic acids is 1. The summed E-state index contributed by atoms with van der Waals surface area (Å²) in [6, 6.07) is 4.83. The van der Waals surface area contributed by atoms with Gasteiger partial charge in [0, 0.05) is 12.2 Å². The summed E-state index contributed by atoms with van der Waals surface area (Å²) < 4.78 is 0. The van der Waals surface area contributed by atoms with Crippen LogP contribution in [0.5, 0.6) is 0 Å². The average Bonchev–Trinajstić information content (AvgIpc) is 2.47. The number of carboxylic acids is 1. The Morgan fingerprint density at radius 3 is 2.80 bits per heavy atom. The molecule has 1 heterocycles. The molecule has 1 amide bonds. The first-order chi connectivity index (χ1) is 9.60. The van der Waals surface area contributed by atoms with Crippen molar-refractivity contribution in [3.05, 3.63) is 29.6 Å². The molecule has 2 atom stereocenters. The van der Waals surface area contributed by atoms with Gasteiger partial charge in [-0.05, 0) is 31.4 Å². The van der Waals surface area contributed by atoms with Crippen LogP contribution in [0.4, 0.5) is 0 Å². The fourth-order valence-electron chi connectivity index (χ4n) is 2.40. The summed E-state index contributed by atoms with van der Waals surface area (Å²) in [7, 11) is 0. The number of nitriles is 1. The number of aromatic nitrogens is 1. The van der Waals surface area contributed by atoms with Crippen molar-refractivity contribution in [2.24, 2.45) is 5.92 Å². The van der Waals surface area contributed by atoms with Gasteiger partial charge < -0.3 is 10.4 Å². The van der Waals surface area contributed by atoms with Crippen molar-refractivity contribution >= 4 is 11.9 Å². The van der Waals surface area contributed by atoms with Gasteiger partial charge in [0.15, 0.2) is 0 Å². The first-order valence-electron chi connectivity index (χ1n) is 6.50. The Morgan fingerprint density at radius 1 is 1.40 bits per heavy atom. The van der Waals surface area contributed by atoms with Gasteiger partial charge in [-0.3, -0.25) is 9.59 Å². The minimum absolute atomic E-state index is 0.130. The molecular weight excluding hydrogens is 258 g/mol. The third kappa shape index (κ3) is 3.32. The van der Waals surface area contributed by atoms with Crippen LogP contribution in [-0.2, 0) is 4.79 Å². The Kier molecular flexibility index (Phi) is 4.31. The molecule has 20 heavy (non-hydrogen) atoms. The van der Waals surface area contributed by atoms with E-state index in [-0.39, 0.29) is 23.6 Å². The van der Waals surface area contributed by atoms with Crippen LogP contribution in [0.15, 0.2) is 18.3 Å². The van der Waals surface area contributed by atoms with Gasteiger partial charge in [0.1, 0.15) is 11.8 Å². The third-order valence-electron chi connectivity index (χ3n) is 3.48. The second-order valence-electron chi connectivity index (χ2n) is 4.92. The predicted molar refractivity (Wildman–Crippen MR) is 69.8 cm³/mol. The fraction of sp³-hybridized carbons (Fsp3) is 0.429. The van der Waals surface area contributed by atoms with Crippen LogP contribution >= 0.6 is 0 Å². The number of carboxylic acid groups (broad SMARTS) is 1. The Hall–Kier alpha value is -2.42. The summed E-state index contributed by atoms with van der Waals surface area (Å²) in [6.45, 7) is 0. The maximum Gasteiger partial charge on any atom is 0.306 e. The Bertz CT molecular complexity index is 548. The molecule has 1 aromatic rings. The number of carbonyl (C=O) groups excluding carboxylic acids is 1. The molecule has 2 rings (SSSR count). The molecule has 0 aromatic carbocycles. The van der Waals surface area contributed by atoms with Crippen molar-refractivity contribution in [3.63, 3.8) is 0 Å². The SMILES string of the molecule is N#Cc1ccc(C(=O)NC2CCCC(C(=O)O)C2)nc1. The van der Waals surface area contributed by atoms with Crippen molar-refractivity contribution in [1.82, 2.24) is 10.3 Å². The number of rotatable bonds is 3. The van der Waals surface area contributed by atoms with E-state index in [2.05, 4.69) is 10.3 Å². The highest BCUT2D eigenvalue weighted by atomic mass is 16.4. The summed E-state index contributed by atoms with van der Waals surface area (Å²) in [6.07, 6.45) is 4.04. The van der Waals surface area contributed by atoms with E-state index in [4.69, 9.17) is 10.4 Å². The van der Waals surface area contributed by atoms with Crippen LogP contribution in [0.3, 0.4) is 0 Å². The van der Waals surface area contributed by atoms with Crippen LogP contribution in [0.25, 0.3) is 0 Å². The molecule has 1 saturated carbocycles. The van der Waals surface area contributed by atoms with Gasteiger partial charge in [-0.15, -0.1) is 0 Å². The van der Waals surface area contributed by atoms with E-state index in [1.807, 2.05) is 6.07 Å². The summed E-state index contributed by atoms with van der Waals surface area (Å²) in [5, 5.41) is 20.5. The standard InChI is InChI=1S/C14H15N3O3/c15-7-9-4-5-12(16-8-9)13(18)17-11-3-1-2-10(6-11)14(19)20/h4-5,8,10-11H,1-3,6H2,(H,17,18)(H,19,20). The largest absolute Gasteiger partial charge is 0.481 e. The lowest BCUT2D eigenvalue weighted by Gasteiger charge is -2.27. The summed E-state index contributed by atoms with van der Waals surface area (Å²) in [5.41, 5.74) is 0.631. The lowest BCUT2D eigenvalue weighted by Crippen LogP contribution is -2.40.